The zero-order valence-electron chi connectivity index (χ0n) is 13.3. The lowest BCUT2D eigenvalue weighted by molar-refractivity contribution is 0.0930. The second kappa shape index (κ2) is 8.02. The standard InChI is InChI=1S/C16H23ClN2O3S/c1-23(21,22)19-15-10-9-12(11-14(15)17)16(20)18-13-7-5-3-2-4-6-8-13/h9-11,13,19H,2-8H2,1H3,(H,18,20). The minimum absolute atomic E-state index is 0.164. The molecular weight excluding hydrogens is 336 g/mol. The van der Waals surface area contributed by atoms with Gasteiger partial charge in [-0.25, -0.2) is 8.42 Å². The zero-order chi connectivity index (χ0) is 16.9. The maximum atomic E-state index is 12.4. The van der Waals surface area contributed by atoms with E-state index in [0.717, 1.165) is 31.9 Å². The molecule has 2 N–H and O–H groups in total. The van der Waals surface area contributed by atoms with E-state index in [1.165, 1.54) is 31.4 Å². The van der Waals surface area contributed by atoms with Gasteiger partial charge in [0.1, 0.15) is 0 Å². The molecule has 0 spiro atoms. The molecular formula is C16H23ClN2O3S. The first-order valence-electron chi connectivity index (χ1n) is 7.93. The summed E-state index contributed by atoms with van der Waals surface area (Å²) in [6, 6.07) is 4.79. The Hall–Kier alpha value is -1.27. The van der Waals surface area contributed by atoms with Crippen LogP contribution in [0.5, 0.6) is 0 Å². The van der Waals surface area contributed by atoms with Crippen molar-refractivity contribution in [3.8, 4) is 0 Å². The third-order valence-corrected chi connectivity index (χ3v) is 4.87. The molecule has 1 aromatic carbocycles. The number of nitrogens with one attached hydrogen (secondary N) is 2. The van der Waals surface area contributed by atoms with E-state index >= 15 is 0 Å². The van der Waals surface area contributed by atoms with Gasteiger partial charge in [0.2, 0.25) is 10.0 Å². The number of benzene rings is 1. The molecule has 1 aromatic rings. The summed E-state index contributed by atoms with van der Waals surface area (Å²) < 4.78 is 24.8. The summed E-state index contributed by atoms with van der Waals surface area (Å²) in [4.78, 5) is 12.4. The van der Waals surface area contributed by atoms with E-state index in [1.807, 2.05) is 0 Å². The summed E-state index contributed by atoms with van der Waals surface area (Å²) >= 11 is 6.06. The van der Waals surface area contributed by atoms with Crippen LogP contribution in [0.1, 0.15) is 55.3 Å². The molecule has 0 aromatic heterocycles. The molecule has 7 heteroatoms. The first-order valence-corrected chi connectivity index (χ1v) is 10.2. The van der Waals surface area contributed by atoms with Crippen molar-refractivity contribution in [3.05, 3.63) is 28.8 Å². The highest BCUT2D eigenvalue weighted by Gasteiger charge is 2.16. The van der Waals surface area contributed by atoms with Crippen molar-refractivity contribution in [2.45, 2.75) is 51.0 Å². The number of halogens is 1. The number of sulfonamides is 1. The van der Waals surface area contributed by atoms with Gasteiger partial charge in [-0.2, -0.15) is 0 Å². The molecule has 5 nitrogen and oxygen atoms in total. The Bertz CT molecular complexity index is 653. The molecule has 1 aliphatic carbocycles. The maximum absolute atomic E-state index is 12.4. The second-order valence-electron chi connectivity index (χ2n) is 6.08. The summed E-state index contributed by atoms with van der Waals surface area (Å²) in [5, 5.41) is 3.27. The lowest BCUT2D eigenvalue weighted by Gasteiger charge is -2.21. The van der Waals surface area contributed by atoms with Crippen LogP contribution in [0.15, 0.2) is 18.2 Å². The largest absolute Gasteiger partial charge is 0.349 e. The number of rotatable bonds is 4. The van der Waals surface area contributed by atoms with Crippen LogP contribution < -0.4 is 10.0 Å². The Balaban J connectivity index is 2.02. The lowest BCUT2D eigenvalue weighted by atomic mass is 9.96. The SMILES string of the molecule is CS(=O)(=O)Nc1ccc(C(=O)NC2CCCCCCC2)cc1Cl. The molecule has 0 radical (unpaired) electrons. The molecule has 1 saturated carbocycles. The van der Waals surface area contributed by atoms with Gasteiger partial charge >= 0.3 is 0 Å². The molecule has 1 fully saturated rings. The number of carbonyl (C=O) groups is 1. The molecule has 0 aliphatic heterocycles. The first-order chi connectivity index (χ1) is 10.8. The van der Waals surface area contributed by atoms with Gasteiger partial charge in [-0.1, -0.05) is 43.7 Å². The number of carbonyl (C=O) groups excluding carboxylic acids is 1. The monoisotopic (exact) mass is 358 g/mol. The van der Waals surface area contributed by atoms with Gasteiger partial charge in [0.05, 0.1) is 17.0 Å². The highest BCUT2D eigenvalue weighted by molar-refractivity contribution is 7.92. The van der Waals surface area contributed by atoms with Crippen LogP contribution in [0.3, 0.4) is 0 Å². The highest BCUT2D eigenvalue weighted by Crippen LogP contribution is 2.24. The summed E-state index contributed by atoms with van der Waals surface area (Å²) in [7, 11) is -3.40. The molecule has 0 atom stereocenters. The average Bonchev–Trinajstić information content (AvgIpc) is 2.42. The Kier molecular flexibility index (Phi) is 6.30. The van der Waals surface area contributed by atoms with Crippen LogP contribution in [0.4, 0.5) is 5.69 Å². The van der Waals surface area contributed by atoms with Gasteiger partial charge in [0.25, 0.3) is 5.91 Å². The second-order valence-corrected chi connectivity index (χ2v) is 8.24. The van der Waals surface area contributed by atoms with Gasteiger partial charge in [-0.15, -0.1) is 0 Å². The lowest BCUT2D eigenvalue weighted by Crippen LogP contribution is -2.35. The van der Waals surface area contributed by atoms with Crippen LogP contribution in [0.2, 0.25) is 5.02 Å². The van der Waals surface area contributed by atoms with Crippen LogP contribution in [0.25, 0.3) is 0 Å². The van der Waals surface area contributed by atoms with Crippen LogP contribution in [-0.2, 0) is 10.0 Å². The maximum Gasteiger partial charge on any atom is 0.251 e. The van der Waals surface area contributed by atoms with E-state index in [0.29, 0.717) is 5.56 Å². The van der Waals surface area contributed by atoms with Crippen molar-refractivity contribution in [1.29, 1.82) is 0 Å². The fourth-order valence-corrected chi connectivity index (χ4v) is 3.67. The van der Waals surface area contributed by atoms with Crippen molar-refractivity contribution in [3.63, 3.8) is 0 Å². The molecule has 2 rings (SSSR count). The van der Waals surface area contributed by atoms with Crippen LogP contribution in [0, 0.1) is 0 Å². The summed E-state index contributed by atoms with van der Waals surface area (Å²) in [6.45, 7) is 0. The van der Waals surface area contributed by atoms with E-state index in [-0.39, 0.29) is 22.7 Å². The fourth-order valence-electron chi connectivity index (χ4n) is 2.81. The molecule has 128 valence electrons. The zero-order valence-corrected chi connectivity index (χ0v) is 14.8. The molecule has 1 amide bonds. The van der Waals surface area contributed by atoms with Crippen molar-refractivity contribution in [2.24, 2.45) is 0 Å². The highest BCUT2D eigenvalue weighted by atomic mass is 35.5. The molecule has 0 heterocycles. The minimum Gasteiger partial charge on any atom is -0.349 e. The third kappa shape index (κ3) is 6.03. The third-order valence-electron chi connectivity index (χ3n) is 3.97. The van der Waals surface area contributed by atoms with Crippen LogP contribution >= 0.6 is 11.6 Å². The molecule has 0 bridgehead atoms. The Labute approximate surface area is 142 Å². The quantitative estimate of drug-likeness (QED) is 0.864. The van der Waals surface area contributed by atoms with E-state index in [1.54, 1.807) is 6.07 Å². The summed E-state index contributed by atoms with van der Waals surface area (Å²) in [5.41, 5.74) is 0.716. The van der Waals surface area contributed by atoms with Crippen molar-refractivity contribution in [2.75, 3.05) is 11.0 Å². The van der Waals surface area contributed by atoms with E-state index in [9.17, 15) is 13.2 Å². The van der Waals surface area contributed by atoms with Gasteiger partial charge in [-0.3, -0.25) is 9.52 Å². The molecule has 0 unspecified atom stereocenters. The minimum atomic E-state index is -3.40. The predicted molar refractivity (Wildman–Crippen MR) is 93.5 cm³/mol. The number of amides is 1. The van der Waals surface area contributed by atoms with Crippen molar-refractivity contribution in [1.82, 2.24) is 5.32 Å². The van der Waals surface area contributed by atoms with E-state index in [2.05, 4.69) is 10.0 Å². The first kappa shape index (κ1) is 18.1. The Morgan fingerprint density at radius 1 is 1.13 bits per heavy atom. The van der Waals surface area contributed by atoms with Gasteiger partial charge in [-0.05, 0) is 31.0 Å². The number of hydrogen-bond acceptors (Lipinski definition) is 3. The van der Waals surface area contributed by atoms with E-state index < -0.39 is 10.0 Å². The molecule has 0 saturated heterocycles. The number of anilines is 1. The topological polar surface area (TPSA) is 75.3 Å². The fraction of sp³-hybridized carbons (Fsp3) is 0.562. The normalized spacial score (nSPS) is 17.1. The predicted octanol–water partition coefficient (Wildman–Crippen LogP) is 3.55. The smallest absolute Gasteiger partial charge is 0.251 e. The summed E-state index contributed by atoms with van der Waals surface area (Å²) in [6.07, 6.45) is 9.09. The number of hydrogen-bond donors (Lipinski definition) is 2. The summed E-state index contributed by atoms with van der Waals surface area (Å²) in [5.74, 6) is -0.164. The van der Waals surface area contributed by atoms with E-state index in [4.69, 9.17) is 11.6 Å². The van der Waals surface area contributed by atoms with Gasteiger partial charge < -0.3 is 5.32 Å². The Morgan fingerprint density at radius 3 is 2.30 bits per heavy atom. The molecule has 23 heavy (non-hydrogen) atoms. The Morgan fingerprint density at radius 2 is 1.74 bits per heavy atom. The van der Waals surface area contributed by atoms with Crippen LogP contribution in [-0.4, -0.2) is 26.6 Å². The van der Waals surface area contributed by atoms with Gasteiger partial charge in [0.15, 0.2) is 0 Å². The van der Waals surface area contributed by atoms with Crippen molar-refractivity contribution >= 4 is 33.2 Å². The van der Waals surface area contributed by atoms with Crippen molar-refractivity contribution < 1.29 is 13.2 Å². The molecule has 1 aliphatic rings. The average molecular weight is 359 g/mol. The van der Waals surface area contributed by atoms with Gasteiger partial charge in [0, 0.05) is 11.6 Å².